The largest absolute Gasteiger partial charge is 0.425 e. The maximum Gasteiger partial charge on any atom is 0.310 e. The SMILES string of the molecule is CCCCC(OC(=O)CC(S)c1ccccc1)OC(=O)CC(S)c1ccccc1. The minimum atomic E-state index is -0.887. The van der Waals surface area contributed by atoms with Gasteiger partial charge in [-0.05, 0) is 17.5 Å². The van der Waals surface area contributed by atoms with Crippen molar-refractivity contribution in [2.45, 2.75) is 55.8 Å². The highest BCUT2D eigenvalue weighted by atomic mass is 32.1. The van der Waals surface area contributed by atoms with Gasteiger partial charge in [-0.2, -0.15) is 25.3 Å². The fourth-order valence-corrected chi connectivity index (χ4v) is 3.45. The van der Waals surface area contributed by atoms with Gasteiger partial charge < -0.3 is 9.47 Å². The number of hydrogen-bond acceptors (Lipinski definition) is 6. The van der Waals surface area contributed by atoms with Gasteiger partial charge in [0.25, 0.3) is 0 Å². The van der Waals surface area contributed by atoms with Gasteiger partial charge in [-0.1, -0.05) is 74.0 Å². The molecule has 0 bridgehead atoms. The average Bonchev–Trinajstić information content (AvgIpc) is 2.73. The third kappa shape index (κ3) is 8.54. The van der Waals surface area contributed by atoms with E-state index in [9.17, 15) is 9.59 Å². The van der Waals surface area contributed by atoms with Crippen molar-refractivity contribution in [1.82, 2.24) is 0 Å². The van der Waals surface area contributed by atoms with Crippen LogP contribution in [-0.2, 0) is 19.1 Å². The van der Waals surface area contributed by atoms with Crippen molar-refractivity contribution in [3.05, 3.63) is 71.8 Å². The van der Waals surface area contributed by atoms with E-state index in [0.29, 0.717) is 6.42 Å². The monoisotopic (exact) mass is 432 g/mol. The van der Waals surface area contributed by atoms with Gasteiger partial charge in [0.05, 0.1) is 12.8 Å². The highest BCUT2D eigenvalue weighted by molar-refractivity contribution is 7.80. The summed E-state index contributed by atoms with van der Waals surface area (Å²) in [5.41, 5.74) is 1.88. The number of esters is 2. The van der Waals surface area contributed by atoms with E-state index in [4.69, 9.17) is 9.47 Å². The minimum Gasteiger partial charge on any atom is -0.425 e. The lowest BCUT2D eigenvalue weighted by atomic mass is 10.1. The lowest BCUT2D eigenvalue weighted by Crippen LogP contribution is -2.25. The topological polar surface area (TPSA) is 52.6 Å². The molecule has 156 valence electrons. The average molecular weight is 433 g/mol. The lowest BCUT2D eigenvalue weighted by molar-refractivity contribution is -0.189. The summed E-state index contributed by atoms with van der Waals surface area (Å²) in [5.74, 6) is -0.874. The van der Waals surface area contributed by atoms with Gasteiger partial charge in [0, 0.05) is 16.9 Å². The number of rotatable bonds is 11. The van der Waals surface area contributed by atoms with Crippen molar-refractivity contribution in [2.75, 3.05) is 0 Å². The molecular formula is C23H28O4S2. The Bertz CT molecular complexity index is 690. The molecule has 2 atom stereocenters. The van der Waals surface area contributed by atoms with Crippen LogP contribution in [-0.4, -0.2) is 18.2 Å². The molecular weight excluding hydrogens is 404 g/mol. The highest BCUT2D eigenvalue weighted by Gasteiger charge is 2.22. The first-order valence-corrected chi connectivity index (χ1v) is 10.9. The first-order valence-electron chi connectivity index (χ1n) is 9.84. The Morgan fingerprint density at radius 2 is 1.21 bits per heavy atom. The summed E-state index contributed by atoms with van der Waals surface area (Å²) in [6.45, 7) is 2.03. The Kier molecular flexibility index (Phi) is 10.2. The summed E-state index contributed by atoms with van der Waals surface area (Å²) in [5, 5.41) is -0.544. The molecule has 0 N–H and O–H groups in total. The fraction of sp³-hybridized carbons (Fsp3) is 0.391. The van der Waals surface area contributed by atoms with Crippen LogP contribution in [0.1, 0.15) is 60.7 Å². The molecule has 0 spiro atoms. The number of benzene rings is 2. The third-order valence-electron chi connectivity index (χ3n) is 4.41. The van der Waals surface area contributed by atoms with Crippen LogP contribution in [0, 0.1) is 0 Å². The number of ether oxygens (including phenoxy) is 2. The van der Waals surface area contributed by atoms with Gasteiger partial charge in [-0.15, -0.1) is 0 Å². The van der Waals surface area contributed by atoms with Crippen molar-refractivity contribution in [3.63, 3.8) is 0 Å². The Morgan fingerprint density at radius 1 is 0.793 bits per heavy atom. The lowest BCUT2D eigenvalue weighted by Gasteiger charge is -2.20. The number of thiol groups is 2. The molecule has 29 heavy (non-hydrogen) atoms. The summed E-state index contributed by atoms with van der Waals surface area (Å²) in [7, 11) is 0. The molecule has 0 saturated heterocycles. The molecule has 0 aliphatic heterocycles. The summed E-state index contributed by atoms with van der Waals surface area (Å²) in [6, 6.07) is 19.1. The second-order valence-electron chi connectivity index (χ2n) is 6.81. The molecule has 6 heteroatoms. The molecule has 0 aliphatic rings. The summed E-state index contributed by atoms with van der Waals surface area (Å²) < 4.78 is 10.9. The maximum atomic E-state index is 12.3. The second kappa shape index (κ2) is 12.6. The van der Waals surface area contributed by atoms with E-state index in [1.165, 1.54) is 0 Å². The molecule has 2 aromatic rings. The van der Waals surface area contributed by atoms with Crippen LogP contribution in [0.15, 0.2) is 60.7 Å². The van der Waals surface area contributed by atoms with E-state index in [-0.39, 0.29) is 23.3 Å². The number of carbonyl (C=O) groups is 2. The van der Waals surface area contributed by atoms with Crippen molar-refractivity contribution >= 4 is 37.2 Å². The number of unbranched alkanes of at least 4 members (excludes halogenated alkanes) is 1. The van der Waals surface area contributed by atoms with E-state index in [1.807, 2.05) is 67.6 Å². The molecule has 0 radical (unpaired) electrons. The molecule has 0 fully saturated rings. The first kappa shape index (κ1) is 23.4. The van der Waals surface area contributed by atoms with E-state index in [0.717, 1.165) is 24.0 Å². The van der Waals surface area contributed by atoms with Crippen molar-refractivity contribution in [3.8, 4) is 0 Å². The third-order valence-corrected chi connectivity index (χ3v) is 5.37. The molecule has 0 aliphatic carbocycles. The van der Waals surface area contributed by atoms with Crippen molar-refractivity contribution in [1.29, 1.82) is 0 Å². The highest BCUT2D eigenvalue weighted by Crippen LogP contribution is 2.26. The quantitative estimate of drug-likeness (QED) is 0.271. The molecule has 2 rings (SSSR count). The predicted molar refractivity (Wildman–Crippen MR) is 121 cm³/mol. The Labute approximate surface area is 183 Å². The Hall–Kier alpha value is -1.92. The van der Waals surface area contributed by atoms with E-state index in [2.05, 4.69) is 25.3 Å². The van der Waals surface area contributed by atoms with Crippen molar-refractivity contribution in [2.24, 2.45) is 0 Å². The van der Waals surface area contributed by atoms with E-state index < -0.39 is 18.2 Å². The van der Waals surface area contributed by atoms with E-state index >= 15 is 0 Å². The molecule has 2 unspecified atom stereocenters. The minimum absolute atomic E-state index is 0.104. The Morgan fingerprint density at radius 3 is 1.59 bits per heavy atom. The molecule has 0 heterocycles. The fourth-order valence-electron chi connectivity index (χ4n) is 2.80. The van der Waals surface area contributed by atoms with Crippen LogP contribution < -0.4 is 0 Å². The van der Waals surface area contributed by atoms with Crippen LogP contribution in [0.3, 0.4) is 0 Å². The second-order valence-corrected chi connectivity index (χ2v) is 8.06. The van der Waals surface area contributed by atoms with Crippen LogP contribution in [0.4, 0.5) is 0 Å². The zero-order chi connectivity index (χ0) is 21.1. The van der Waals surface area contributed by atoms with Crippen LogP contribution in [0.5, 0.6) is 0 Å². The van der Waals surface area contributed by atoms with Crippen LogP contribution in [0.25, 0.3) is 0 Å². The van der Waals surface area contributed by atoms with Gasteiger partial charge in [0.1, 0.15) is 0 Å². The smallest absolute Gasteiger partial charge is 0.310 e. The molecule has 2 aromatic carbocycles. The normalized spacial score (nSPS) is 13.9. The van der Waals surface area contributed by atoms with Crippen LogP contribution >= 0.6 is 25.3 Å². The summed E-state index contributed by atoms with van der Waals surface area (Å²) in [6.07, 6.45) is 1.49. The summed E-state index contributed by atoms with van der Waals surface area (Å²) >= 11 is 8.98. The van der Waals surface area contributed by atoms with Gasteiger partial charge in [0.15, 0.2) is 0 Å². The number of carbonyl (C=O) groups excluding carboxylic acids is 2. The molecule has 0 saturated carbocycles. The zero-order valence-electron chi connectivity index (χ0n) is 16.6. The Balaban J connectivity index is 1.88. The van der Waals surface area contributed by atoms with E-state index in [1.54, 1.807) is 0 Å². The van der Waals surface area contributed by atoms with Gasteiger partial charge in [0.2, 0.25) is 6.29 Å². The van der Waals surface area contributed by atoms with Gasteiger partial charge in [-0.3, -0.25) is 9.59 Å². The molecule has 4 nitrogen and oxygen atoms in total. The number of hydrogen-bond donors (Lipinski definition) is 2. The molecule has 0 amide bonds. The zero-order valence-corrected chi connectivity index (χ0v) is 18.4. The summed E-state index contributed by atoms with van der Waals surface area (Å²) in [4.78, 5) is 24.7. The molecule has 0 aromatic heterocycles. The van der Waals surface area contributed by atoms with Crippen molar-refractivity contribution < 1.29 is 19.1 Å². The van der Waals surface area contributed by atoms with Crippen LogP contribution in [0.2, 0.25) is 0 Å². The maximum absolute atomic E-state index is 12.3. The van der Waals surface area contributed by atoms with Gasteiger partial charge in [-0.25, -0.2) is 0 Å². The predicted octanol–water partition coefficient (Wildman–Crippen LogP) is 5.71. The van der Waals surface area contributed by atoms with Gasteiger partial charge >= 0.3 is 11.9 Å². The first-order chi connectivity index (χ1) is 14.0. The standard InChI is InChI=1S/C23H28O4S2/c1-2-3-14-23(26-21(24)15-19(28)17-10-6-4-7-11-17)27-22(25)16-20(29)18-12-8-5-9-13-18/h4-13,19-20,23,28-29H,2-3,14-16H2,1H3.